The Balaban J connectivity index is 1.52. The van der Waals surface area contributed by atoms with E-state index in [-0.39, 0.29) is 40.3 Å². The Morgan fingerprint density at radius 3 is 2.27 bits per heavy atom. The Morgan fingerprint density at radius 2 is 1.59 bits per heavy atom. The van der Waals surface area contributed by atoms with Crippen molar-refractivity contribution in [3.8, 4) is 11.1 Å². The number of aliphatic imine (C=N–C) groups is 1. The topological polar surface area (TPSA) is 201 Å². The summed E-state index contributed by atoms with van der Waals surface area (Å²) in [6.07, 6.45) is 2.42. The van der Waals surface area contributed by atoms with Crippen molar-refractivity contribution >= 4 is 64.6 Å². The first kappa shape index (κ1) is 38.3. The minimum Gasteiger partial charge on any atom is -0.481 e. The molecule has 0 unspecified atom stereocenters. The van der Waals surface area contributed by atoms with Gasteiger partial charge in [0.25, 0.3) is 11.8 Å². The maximum atomic E-state index is 13.1. The fraction of sp³-hybridized carbons (Fsp3) is 0.294. The summed E-state index contributed by atoms with van der Waals surface area (Å²) in [5.41, 5.74) is 7.80. The molecule has 3 aromatic carbocycles. The maximum Gasteiger partial charge on any atom is 0.436 e. The molecule has 0 spiro atoms. The molecule has 13 nitrogen and oxygen atoms in total. The van der Waals surface area contributed by atoms with E-state index in [1.807, 2.05) is 30.3 Å². The third-order valence-electron chi connectivity index (χ3n) is 6.92. The number of benzene rings is 3. The van der Waals surface area contributed by atoms with Crippen molar-refractivity contribution in [1.29, 1.82) is 0 Å². The molecular formula is C34H38Cl2N6O7. The summed E-state index contributed by atoms with van der Waals surface area (Å²) in [6.45, 7) is 1.61. The first-order valence-electron chi connectivity index (χ1n) is 15.5. The van der Waals surface area contributed by atoms with E-state index in [0.29, 0.717) is 11.3 Å². The van der Waals surface area contributed by atoms with Crippen LogP contribution >= 0.6 is 23.2 Å². The summed E-state index contributed by atoms with van der Waals surface area (Å²) < 4.78 is 5.02. The van der Waals surface area contributed by atoms with Crippen LogP contribution in [0.1, 0.15) is 59.7 Å². The third kappa shape index (κ3) is 13.1. The number of anilines is 1. The van der Waals surface area contributed by atoms with Gasteiger partial charge < -0.3 is 36.8 Å². The maximum absolute atomic E-state index is 13.1. The number of hydrogen-bond acceptors (Lipinski definition) is 6. The van der Waals surface area contributed by atoms with Crippen LogP contribution < -0.4 is 27.0 Å². The van der Waals surface area contributed by atoms with E-state index in [0.717, 1.165) is 31.2 Å². The smallest absolute Gasteiger partial charge is 0.436 e. The summed E-state index contributed by atoms with van der Waals surface area (Å²) in [5, 5.41) is 19.7. The van der Waals surface area contributed by atoms with E-state index in [9.17, 15) is 29.1 Å². The lowest BCUT2D eigenvalue weighted by atomic mass is 10.0. The van der Waals surface area contributed by atoms with Crippen LogP contribution in [0.5, 0.6) is 0 Å². The Kier molecular flexibility index (Phi) is 15.3. The Hall–Kier alpha value is -5.14. The van der Waals surface area contributed by atoms with Crippen molar-refractivity contribution in [2.45, 2.75) is 45.1 Å². The van der Waals surface area contributed by atoms with Gasteiger partial charge in [-0.05, 0) is 47.9 Å². The molecule has 0 radical (unpaired) electrons. The molecule has 0 aliphatic rings. The first-order chi connectivity index (χ1) is 23.5. The zero-order valence-electron chi connectivity index (χ0n) is 26.8. The fourth-order valence-corrected chi connectivity index (χ4v) is 5.18. The number of carbonyl (C=O) groups is 5. The number of unbranched alkanes of at least 4 members (excludes halogenated alkanes) is 3. The average molecular weight is 714 g/mol. The number of rotatable bonds is 16. The van der Waals surface area contributed by atoms with Crippen molar-refractivity contribution in [1.82, 2.24) is 16.0 Å². The molecule has 260 valence electrons. The molecule has 7 N–H and O–H groups in total. The molecule has 49 heavy (non-hydrogen) atoms. The Labute approximate surface area is 293 Å². The molecule has 0 fully saturated rings. The van der Waals surface area contributed by atoms with Gasteiger partial charge >= 0.3 is 12.1 Å². The first-order valence-corrected chi connectivity index (χ1v) is 16.2. The van der Waals surface area contributed by atoms with Gasteiger partial charge in [-0.3, -0.25) is 19.2 Å². The van der Waals surface area contributed by atoms with Crippen LogP contribution in [0.2, 0.25) is 10.0 Å². The number of hydrogen-bond donors (Lipinski definition) is 6. The Morgan fingerprint density at radius 1 is 0.878 bits per heavy atom. The molecule has 1 atom stereocenters. The highest BCUT2D eigenvalue weighted by atomic mass is 35.5. The van der Waals surface area contributed by atoms with Gasteiger partial charge in [0, 0.05) is 17.8 Å². The number of aliphatic carboxylic acids is 1. The Bertz CT molecular complexity index is 1650. The number of guanidine groups is 1. The minimum absolute atomic E-state index is 0.0421. The van der Waals surface area contributed by atoms with Gasteiger partial charge in [-0.25, -0.2) is 4.79 Å². The van der Waals surface area contributed by atoms with Crippen LogP contribution in [0, 0.1) is 0 Å². The molecule has 0 saturated heterocycles. The molecule has 0 heterocycles. The number of carbonyl (C=O) groups excluding carboxylic acids is 4. The average Bonchev–Trinajstić information content (AvgIpc) is 3.05. The molecule has 3 aromatic rings. The van der Waals surface area contributed by atoms with Crippen LogP contribution in [-0.2, 0) is 14.3 Å². The molecule has 4 amide bonds. The predicted octanol–water partition coefficient (Wildman–Crippen LogP) is 5.22. The predicted molar refractivity (Wildman–Crippen MR) is 188 cm³/mol. The fourth-order valence-electron chi connectivity index (χ4n) is 4.53. The number of nitrogens with zero attached hydrogens (tertiary/aromatic N) is 1. The van der Waals surface area contributed by atoms with Gasteiger partial charge in [0.1, 0.15) is 0 Å². The van der Waals surface area contributed by atoms with Gasteiger partial charge in [-0.2, -0.15) is 0 Å². The van der Waals surface area contributed by atoms with Gasteiger partial charge in [-0.1, -0.05) is 85.8 Å². The second-order valence-electron chi connectivity index (χ2n) is 10.8. The summed E-state index contributed by atoms with van der Waals surface area (Å²) >= 11 is 12.8. The number of carboxylic acids is 1. The molecular weight excluding hydrogens is 675 g/mol. The number of halogens is 2. The van der Waals surface area contributed by atoms with E-state index in [1.54, 1.807) is 24.3 Å². The molecule has 0 bridgehead atoms. The summed E-state index contributed by atoms with van der Waals surface area (Å²) in [5.74, 6) is -3.41. The quantitative estimate of drug-likeness (QED) is 0.0654. The van der Waals surface area contributed by atoms with E-state index in [2.05, 4.69) is 33.2 Å². The summed E-state index contributed by atoms with van der Waals surface area (Å²) in [6, 6.07) is 17.5. The monoisotopic (exact) mass is 712 g/mol. The number of carboxylic acid groups (broad SMARTS) is 1. The lowest BCUT2D eigenvalue weighted by Crippen LogP contribution is -2.47. The van der Waals surface area contributed by atoms with E-state index < -0.39 is 48.8 Å². The highest BCUT2D eigenvalue weighted by molar-refractivity contribution is 6.40. The molecule has 0 aromatic heterocycles. The van der Waals surface area contributed by atoms with Crippen LogP contribution in [0.15, 0.2) is 71.7 Å². The van der Waals surface area contributed by atoms with Crippen LogP contribution in [0.3, 0.4) is 0 Å². The van der Waals surface area contributed by atoms with Crippen molar-refractivity contribution in [2.24, 2.45) is 10.7 Å². The molecule has 0 aliphatic heterocycles. The second kappa shape index (κ2) is 19.6. The molecule has 0 saturated carbocycles. The van der Waals surface area contributed by atoms with E-state index >= 15 is 0 Å². The molecule has 3 rings (SSSR count). The minimum atomic E-state index is -1.22. The SMILES string of the molecule is CCCCCCOC(=O)/N=C(\N)Nc1cccc(C(=O)NCC(=O)NC[C@@H](CC(=O)O)NC(=O)c2c(Cl)cc(-c3ccccc3)cc2Cl)c1. The van der Waals surface area contributed by atoms with E-state index in [4.69, 9.17) is 33.7 Å². The van der Waals surface area contributed by atoms with E-state index in [1.165, 1.54) is 12.1 Å². The van der Waals surface area contributed by atoms with Crippen molar-refractivity contribution < 1.29 is 33.8 Å². The standard InChI is InChI=1S/C34H38Cl2N6O7/c1-2-3-4-8-14-49-34(48)42-33(37)41-24-13-9-12-22(15-24)31(46)39-20-28(43)38-19-25(18-29(44)45)40-32(47)30-26(35)16-23(17-27(30)36)21-10-6-5-7-11-21/h5-7,9-13,15-17,25H,2-4,8,14,18-20H2,1H3,(H,38,43)(H,39,46)(H,40,47)(H,44,45)(H3,37,41,42,48)/t25-/m1/s1. The number of ether oxygens (including phenoxy) is 1. The highest BCUT2D eigenvalue weighted by Gasteiger charge is 2.22. The van der Waals surface area contributed by atoms with Gasteiger partial charge in [-0.15, -0.1) is 4.99 Å². The van der Waals surface area contributed by atoms with Crippen LogP contribution in [0.25, 0.3) is 11.1 Å². The van der Waals surface area contributed by atoms with Crippen LogP contribution in [0.4, 0.5) is 10.5 Å². The van der Waals surface area contributed by atoms with Gasteiger partial charge in [0.05, 0.1) is 41.2 Å². The van der Waals surface area contributed by atoms with Crippen molar-refractivity contribution in [2.75, 3.05) is 25.0 Å². The van der Waals surface area contributed by atoms with Crippen molar-refractivity contribution in [3.63, 3.8) is 0 Å². The largest absolute Gasteiger partial charge is 0.481 e. The summed E-state index contributed by atoms with van der Waals surface area (Å²) in [4.78, 5) is 65.3. The zero-order chi connectivity index (χ0) is 35.8. The molecule has 15 heteroatoms. The third-order valence-corrected chi connectivity index (χ3v) is 7.52. The van der Waals surface area contributed by atoms with Gasteiger partial charge in [0.15, 0.2) is 0 Å². The zero-order valence-corrected chi connectivity index (χ0v) is 28.3. The number of amides is 4. The molecule has 0 aliphatic carbocycles. The number of nitrogens with one attached hydrogen (secondary N) is 4. The van der Waals surface area contributed by atoms with Crippen molar-refractivity contribution in [3.05, 3.63) is 87.9 Å². The normalized spacial score (nSPS) is 11.6. The summed E-state index contributed by atoms with van der Waals surface area (Å²) in [7, 11) is 0. The lowest BCUT2D eigenvalue weighted by Gasteiger charge is -2.19. The lowest BCUT2D eigenvalue weighted by molar-refractivity contribution is -0.137. The van der Waals surface area contributed by atoms with Gasteiger partial charge in [0.2, 0.25) is 11.9 Å². The highest BCUT2D eigenvalue weighted by Crippen LogP contribution is 2.32. The number of nitrogens with two attached hydrogens (primary N) is 1. The second-order valence-corrected chi connectivity index (χ2v) is 11.6. The van der Waals surface area contributed by atoms with Crippen LogP contribution in [-0.4, -0.2) is 66.6 Å².